The molecule has 27 heavy (non-hydrogen) atoms. The maximum atomic E-state index is 9.79. The number of aromatic nitrogens is 1. The third-order valence-corrected chi connectivity index (χ3v) is 4.30. The Morgan fingerprint density at radius 3 is 2.96 bits per heavy atom. The minimum absolute atomic E-state index is 0.139. The van der Waals surface area contributed by atoms with Crippen LogP contribution in [-0.4, -0.2) is 33.0 Å². The molecule has 0 aliphatic carbocycles. The lowest BCUT2D eigenvalue weighted by molar-refractivity contribution is 0.270. The van der Waals surface area contributed by atoms with Crippen LogP contribution in [0.5, 0.6) is 5.75 Å². The van der Waals surface area contributed by atoms with Crippen LogP contribution >= 0.6 is 12.2 Å². The molecule has 0 bridgehead atoms. The molecule has 1 unspecified atom stereocenters. The van der Waals surface area contributed by atoms with Crippen LogP contribution in [0.1, 0.15) is 17.7 Å². The molecule has 4 rings (SSSR count). The minimum atomic E-state index is -0.139. The molecule has 0 saturated carbocycles. The topological polar surface area (TPSA) is 91.1 Å². The van der Waals surface area contributed by atoms with Crippen molar-refractivity contribution in [3.8, 4) is 5.75 Å². The number of hydrogen-bond donors (Lipinski definition) is 3. The van der Waals surface area contributed by atoms with E-state index in [1.54, 1.807) is 18.3 Å². The number of phenolic OH excluding ortho intramolecular Hbond substituents is 1. The van der Waals surface area contributed by atoms with Crippen LogP contribution in [0.3, 0.4) is 0 Å². The number of hydrogen-bond acceptors (Lipinski definition) is 6. The standard InChI is InChI=1S/C19H17N5O2S/c1-11-7-8-12(10-14(11)25)21-19(27)23-16-6-2-4-13(22-16)18-24-17-15(26-18)5-3-9-20-17/h2-4,6-10,15,25H,5H2,1H3,(H2,21,22,23,27). The molecule has 7 nitrogen and oxygen atoms in total. The van der Waals surface area contributed by atoms with Crippen molar-refractivity contribution >= 4 is 40.6 Å². The summed E-state index contributed by atoms with van der Waals surface area (Å²) >= 11 is 5.32. The molecule has 1 aromatic carbocycles. The predicted octanol–water partition coefficient (Wildman–Crippen LogP) is 3.37. The number of pyridine rings is 1. The Balaban J connectivity index is 1.46. The number of aromatic hydroxyl groups is 1. The van der Waals surface area contributed by atoms with Gasteiger partial charge in [0.15, 0.2) is 17.1 Å². The lowest BCUT2D eigenvalue weighted by atomic mass is 10.2. The number of fused-ring (bicyclic) bond motifs is 1. The van der Waals surface area contributed by atoms with Crippen LogP contribution < -0.4 is 10.6 Å². The molecule has 3 heterocycles. The van der Waals surface area contributed by atoms with Gasteiger partial charge in [0.05, 0.1) is 0 Å². The minimum Gasteiger partial charge on any atom is -0.508 e. The largest absolute Gasteiger partial charge is 0.508 e. The van der Waals surface area contributed by atoms with E-state index >= 15 is 0 Å². The van der Waals surface area contributed by atoms with Crippen molar-refractivity contribution in [2.45, 2.75) is 19.4 Å². The van der Waals surface area contributed by atoms with Crippen LogP contribution in [0, 0.1) is 6.92 Å². The number of amidine groups is 1. The average Bonchev–Trinajstić information content (AvgIpc) is 3.09. The van der Waals surface area contributed by atoms with Gasteiger partial charge < -0.3 is 20.5 Å². The van der Waals surface area contributed by atoms with Crippen molar-refractivity contribution in [2.75, 3.05) is 10.6 Å². The van der Waals surface area contributed by atoms with Gasteiger partial charge in [0.1, 0.15) is 17.3 Å². The summed E-state index contributed by atoms with van der Waals surface area (Å²) < 4.78 is 5.83. The second kappa shape index (κ2) is 7.16. The lowest BCUT2D eigenvalue weighted by Crippen LogP contribution is -2.21. The summed E-state index contributed by atoms with van der Waals surface area (Å²) in [6, 6.07) is 10.7. The van der Waals surface area contributed by atoms with Crippen molar-refractivity contribution in [1.82, 2.24) is 4.98 Å². The first kappa shape index (κ1) is 17.2. The van der Waals surface area contributed by atoms with E-state index < -0.39 is 0 Å². The van der Waals surface area contributed by atoms with Crippen molar-refractivity contribution in [1.29, 1.82) is 0 Å². The van der Waals surface area contributed by atoms with E-state index in [4.69, 9.17) is 17.0 Å². The second-order valence-corrected chi connectivity index (χ2v) is 6.53. The number of nitrogens with zero attached hydrogens (tertiary/aromatic N) is 3. The maximum absolute atomic E-state index is 9.79. The van der Waals surface area contributed by atoms with Crippen molar-refractivity contribution < 1.29 is 9.84 Å². The smallest absolute Gasteiger partial charge is 0.242 e. The number of nitrogens with one attached hydrogen (secondary N) is 2. The zero-order chi connectivity index (χ0) is 18.8. The van der Waals surface area contributed by atoms with Gasteiger partial charge >= 0.3 is 0 Å². The molecule has 0 saturated heterocycles. The normalized spacial score (nSPS) is 17.4. The summed E-state index contributed by atoms with van der Waals surface area (Å²) in [6.45, 7) is 1.83. The summed E-state index contributed by atoms with van der Waals surface area (Å²) in [5.74, 6) is 1.89. The molecule has 0 spiro atoms. The lowest BCUT2D eigenvalue weighted by Gasteiger charge is -2.12. The quantitative estimate of drug-likeness (QED) is 0.709. The number of ether oxygens (including phenoxy) is 1. The van der Waals surface area contributed by atoms with Crippen molar-refractivity contribution in [2.24, 2.45) is 9.98 Å². The fourth-order valence-corrected chi connectivity index (χ4v) is 2.90. The molecule has 1 aromatic heterocycles. The second-order valence-electron chi connectivity index (χ2n) is 6.12. The molecule has 136 valence electrons. The summed E-state index contributed by atoms with van der Waals surface area (Å²) in [6.07, 6.45) is 4.30. The Morgan fingerprint density at radius 2 is 2.15 bits per heavy atom. The molecular weight excluding hydrogens is 362 g/mol. The highest BCUT2D eigenvalue weighted by atomic mass is 32.1. The van der Waals surface area contributed by atoms with Crippen LogP contribution in [0.15, 0.2) is 58.7 Å². The molecule has 0 radical (unpaired) electrons. The number of aliphatic imine (C=N–C) groups is 2. The molecular formula is C19H17N5O2S. The zero-order valence-electron chi connectivity index (χ0n) is 14.5. The number of phenols is 1. The Labute approximate surface area is 161 Å². The Kier molecular flexibility index (Phi) is 4.55. The van der Waals surface area contributed by atoms with E-state index in [1.165, 1.54) is 0 Å². The highest BCUT2D eigenvalue weighted by molar-refractivity contribution is 7.80. The Bertz CT molecular complexity index is 999. The van der Waals surface area contributed by atoms with Gasteiger partial charge in [0.25, 0.3) is 0 Å². The number of anilines is 2. The van der Waals surface area contributed by atoms with Crippen LogP contribution in [0.25, 0.3) is 0 Å². The number of rotatable bonds is 3. The average molecular weight is 379 g/mol. The molecule has 3 N–H and O–H groups in total. The van der Waals surface area contributed by atoms with E-state index in [-0.39, 0.29) is 11.9 Å². The number of thiocarbonyl (C=S) groups is 1. The SMILES string of the molecule is Cc1ccc(NC(=S)Nc2cccc(C3=NC4=NC=CCC4O3)n2)cc1O. The predicted molar refractivity (Wildman–Crippen MR) is 110 cm³/mol. The van der Waals surface area contributed by atoms with Gasteiger partial charge in [-0.2, -0.15) is 4.99 Å². The zero-order valence-corrected chi connectivity index (χ0v) is 15.3. The first-order valence-electron chi connectivity index (χ1n) is 8.41. The monoisotopic (exact) mass is 379 g/mol. The van der Waals surface area contributed by atoms with Gasteiger partial charge in [-0.3, -0.25) is 0 Å². The van der Waals surface area contributed by atoms with Gasteiger partial charge in [0, 0.05) is 24.4 Å². The van der Waals surface area contributed by atoms with Gasteiger partial charge in [0.2, 0.25) is 5.90 Å². The molecule has 0 fully saturated rings. The fraction of sp³-hybridized carbons (Fsp3) is 0.158. The highest BCUT2D eigenvalue weighted by Crippen LogP contribution is 2.22. The summed E-state index contributed by atoms with van der Waals surface area (Å²) in [4.78, 5) is 13.1. The van der Waals surface area contributed by atoms with Gasteiger partial charge in [-0.15, -0.1) is 0 Å². The van der Waals surface area contributed by atoms with Crippen molar-refractivity contribution in [3.05, 3.63) is 59.9 Å². The highest BCUT2D eigenvalue weighted by Gasteiger charge is 2.28. The van der Waals surface area contributed by atoms with Gasteiger partial charge in [-0.25, -0.2) is 9.98 Å². The number of benzene rings is 1. The van der Waals surface area contributed by atoms with Crippen LogP contribution in [-0.2, 0) is 4.74 Å². The van der Waals surface area contributed by atoms with Crippen molar-refractivity contribution in [3.63, 3.8) is 0 Å². The molecule has 0 amide bonds. The van der Waals surface area contributed by atoms with Gasteiger partial charge in [-0.05, 0) is 42.9 Å². The summed E-state index contributed by atoms with van der Waals surface area (Å²) in [5.41, 5.74) is 2.09. The Morgan fingerprint density at radius 1 is 1.26 bits per heavy atom. The third kappa shape index (κ3) is 3.80. The van der Waals surface area contributed by atoms with Gasteiger partial charge in [-0.1, -0.05) is 18.2 Å². The van der Waals surface area contributed by atoms with E-state index in [2.05, 4.69) is 25.6 Å². The van der Waals surface area contributed by atoms with E-state index in [1.807, 2.05) is 37.3 Å². The fourth-order valence-electron chi connectivity index (χ4n) is 2.68. The first-order valence-corrected chi connectivity index (χ1v) is 8.82. The molecule has 2 aromatic rings. The molecule has 8 heteroatoms. The van der Waals surface area contributed by atoms with E-state index in [9.17, 15) is 5.11 Å². The van der Waals surface area contributed by atoms with Crippen LogP contribution in [0.2, 0.25) is 0 Å². The Hall–Kier alpha value is -3.26. The third-order valence-electron chi connectivity index (χ3n) is 4.10. The molecule has 2 aliphatic heterocycles. The summed E-state index contributed by atoms with van der Waals surface area (Å²) in [7, 11) is 0. The maximum Gasteiger partial charge on any atom is 0.242 e. The van der Waals surface area contributed by atoms with Crippen LogP contribution in [0.4, 0.5) is 11.5 Å². The molecule has 2 aliphatic rings. The summed E-state index contributed by atoms with van der Waals surface area (Å²) in [5, 5.41) is 16.2. The number of aryl methyl sites for hydroxylation is 1. The molecule has 1 atom stereocenters. The van der Waals surface area contributed by atoms with E-state index in [0.29, 0.717) is 34.0 Å². The van der Waals surface area contributed by atoms with E-state index in [0.717, 1.165) is 12.0 Å². The first-order chi connectivity index (χ1) is 13.1.